The Balaban J connectivity index is 1.95. The van der Waals surface area contributed by atoms with Gasteiger partial charge in [0.15, 0.2) is 0 Å². The van der Waals surface area contributed by atoms with Crippen molar-refractivity contribution in [2.75, 3.05) is 26.3 Å². The van der Waals surface area contributed by atoms with E-state index in [1.54, 1.807) is 18.3 Å². The van der Waals surface area contributed by atoms with E-state index in [1.165, 1.54) is 12.1 Å². The number of halogens is 1. The summed E-state index contributed by atoms with van der Waals surface area (Å²) >= 11 is 0. The molecule has 1 heterocycles. The summed E-state index contributed by atoms with van der Waals surface area (Å²) in [5, 5.41) is 6.24. The van der Waals surface area contributed by atoms with E-state index in [-0.39, 0.29) is 5.82 Å². The van der Waals surface area contributed by atoms with Crippen LogP contribution in [0.1, 0.15) is 5.56 Å². The molecular formula is C11H13FN2O. The van der Waals surface area contributed by atoms with E-state index in [0.29, 0.717) is 0 Å². The largest absolute Gasteiger partial charge is 0.378 e. The first-order chi connectivity index (χ1) is 7.34. The van der Waals surface area contributed by atoms with Gasteiger partial charge in [-0.2, -0.15) is 5.10 Å². The number of hydrogen-bond acceptors (Lipinski definition) is 3. The Morgan fingerprint density at radius 1 is 1.20 bits per heavy atom. The van der Waals surface area contributed by atoms with Gasteiger partial charge in [0.2, 0.25) is 0 Å². The number of ether oxygens (including phenoxy) is 1. The average molecular weight is 208 g/mol. The van der Waals surface area contributed by atoms with Crippen molar-refractivity contribution in [1.82, 2.24) is 5.01 Å². The summed E-state index contributed by atoms with van der Waals surface area (Å²) < 4.78 is 17.8. The van der Waals surface area contributed by atoms with Gasteiger partial charge >= 0.3 is 0 Å². The van der Waals surface area contributed by atoms with E-state index < -0.39 is 0 Å². The minimum atomic E-state index is -0.224. The molecule has 0 aromatic heterocycles. The second-order valence-electron chi connectivity index (χ2n) is 3.36. The fourth-order valence-electron chi connectivity index (χ4n) is 1.37. The van der Waals surface area contributed by atoms with Gasteiger partial charge in [0, 0.05) is 0 Å². The van der Waals surface area contributed by atoms with Crippen molar-refractivity contribution >= 4 is 6.21 Å². The fraction of sp³-hybridized carbons (Fsp3) is 0.364. The van der Waals surface area contributed by atoms with Crippen LogP contribution in [-0.4, -0.2) is 37.5 Å². The summed E-state index contributed by atoms with van der Waals surface area (Å²) in [7, 11) is 0. The number of hydrogen-bond donors (Lipinski definition) is 0. The molecule has 2 rings (SSSR count). The fourth-order valence-corrected chi connectivity index (χ4v) is 1.37. The van der Waals surface area contributed by atoms with Crippen molar-refractivity contribution in [3.8, 4) is 0 Å². The number of rotatable bonds is 2. The van der Waals surface area contributed by atoms with Gasteiger partial charge < -0.3 is 4.74 Å². The third-order valence-corrected chi connectivity index (χ3v) is 2.23. The lowest BCUT2D eigenvalue weighted by Crippen LogP contribution is -2.32. The molecule has 3 nitrogen and oxygen atoms in total. The summed E-state index contributed by atoms with van der Waals surface area (Å²) in [5.41, 5.74) is 0.905. The number of benzene rings is 1. The van der Waals surface area contributed by atoms with Crippen LogP contribution < -0.4 is 0 Å². The number of hydrazone groups is 1. The van der Waals surface area contributed by atoms with Crippen LogP contribution in [0.15, 0.2) is 29.4 Å². The van der Waals surface area contributed by atoms with Crippen LogP contribution in [0.3, 0.4) is 0 Å². The summed E-state index contributed by atoms with van der Waals surface area (Å²) in [6.45, 7) is 3.08. The normalized spacial score (nSPS) is 17.3. The van der Waals surface area contributed by atoms with Gasteiger partial charge in [-0.3, -0.25) is 5.01 Å². The summed E-state index contributed by atoms with van der Waals surface area (Å²) in [5.74, 6) is -0.224. The van der Waals surface area contributed by atoms with Crippen molar-refractivity contribution in [3.05, 3.63) is 35.6 Å². The standard InChI is InChI=1S/C11H13FN2O/c12-11-3-1-10(2-4-11)9-13-14-5-7-15-8-6-14/h1-4,9H,5-8H2. The monoisotopic (exact) mass is 208 g/mol. The first kappa shape index (κ1) is 10.1. The molecule has 0 atom stereocenters. The Hall–Kier alpha value is -1.42. The molecule has 0 saturated carbocycles. The van der Waals surface area contributed by atoms with Gasteiger partial charge in [-0.1, -0.05) is 12.1 Å². The summed E-state index contributed by atoms with van der Waals surface area (Å²) in [6.07, 6.45) is 1.74. The Kier molecular flexibility index (Phi) is 3.29. The summed E-state index contributed by atoms with van der Waals surface area (Å²) in [4.78, 5) is 0. The van der Waals surface area contributed by atoms with Crippen molar-refractivity contribution in [2.24, 2.45) is 5.10 Å². The highest BCUT2D eigenvalue weighted by molar-refractivity contribution is 5.79. The third-order valence-electron chi connectivity index (χ3n) is 2.23. The van der Waals surface area contributed by atoms with Crippen LogP contribution in [0.5, 0.6) is 0 Å². The van der Waals surface area contributed by atoms with E-state index in [9.17, 15) is 4.39 Å². The molecule has 0 bridgehead atoms. The first-order valence-corrected chi connectivity index (χ1v) is 4.97. The quantitative estimate of drug-likeness (QED) is 0.688. The van der Waals surface area contributed by atoms with Crippen LogP contribution in [0, 0.1) is 5.82 Å². The molecule has 0 spiro atoms. The maximum Gasteiger partial charge on any atom is 0.123 e. The molecule has 4 heteroatoms. The Morgan fingerprint density at radius 3 is 2.53 bits per heavy atom. The predicted molar refractivity (Wildman–Crippen MR) is 56.4 cm³/mol. The van der Waals surface area contributed by atoms with Gasteiger partial charge in [-0.15, -0.1) is 0 Å². The SMILES string of the molecule is Fc1ccc(C=NN2CCOCC2)cc1. The number of morpholine rings is 1. The van der Waals surface area contributed by atoms with Gasteiger partial charge in [0.25, 0.3) is 0 Å². The lowest BCUT2D eigenvalue weighted by atomic mass is 10.2. The molecule has 1 fully saturated rings. The molecule has 15 heavy (non-hydrogen) atoms. The Bertz CT molecular complexity index is 331. The molecule has 1 saturated heterocycles. The second-order valence-corrected chi connectivity index (χ2v) is 3.36. The van der Waals surface area contributed by atoms with Crippen molar-refractivity contribution in [3.63, 3.8) is 0 Å². The molecule has 0 unspecified atom stereocenters. The zero-order valence-corrected chi connectivity index (χ0v) is 8.40. The molecule has 1 aliphatic heterocycles. The molecule has 80 valence electrons. The first-order valence-electron chi connectivity index (χ1n) is 4.97. The lowest BCUT2D eigenvalue weighted by molar-refractivity contribution is 0.0397. The molecule has 0 N–H and O–H groups in total. The Labute approximate surface area is 88.2 Å². The van der Waals surface area contributed by atoms with Gasteiger partial charge in [-0.05, 0) is 17.7 Å². The van der Waals surface area contributed by atoms with Crippen molar-refractivity contribution in [1.29, 1.82) is 0 Å². The van der Waals surface area contributed by atoms with Crippen molar-refractivity contribution < 1.29 is 9.13 Å². The zero-order chi connectivity index (χ0) is 10.5. The highest BCUT2D eigenvalue weighted by Crippen LogP contribution is 2.01. The van der Waals surface area contributed by atoms with E-state index >= 15 is 0 Å². The minimum Gasteiger partial charge on any atom is -0.378 e. The topological polar surface area (TPSA) is 24.8 Å². The van der Waals surface area contributed by atoms with E-state index in [4.69, 9.17) is 4.74 Å². The van der Waals surface area contributed by atoms with Crippen LogP contribution in [0.2, 0.25) is 0 Å². The smallest absolute Gasteiger partial charge is 0.123 e. The molecule has 1 aromatic carbocycles. The van der Waals surface area contributed by atoms with Crippen LogP contribution >= 0.6 is 0 Å². The second kappa shape index (κ2) is 4.89. The van der Waals surface area contributed by atoms with Crippen LogP contribution in [0.25, 0.3) is 0 Å². The maximum atomic E-state index is 12.6. The lowest BCUT2D eigenvalue weighted by Gasteiger charge is -2.23. The Morgan fingerprint density at radius 2 is 1.87 bits per heavy atom. The maximum absolute atomic E-state index is 12.6. The van der Waals surface area contributed by atoms with Gasteiger partial charge in [-0.25, -0.2) is 4.39 Å². The molecule has 0 radical (unpaired) electrons. The zero-order valence-electron chi connectivity index (χ0n) is 8.40. The summed E-state index contributed by atoms with van der Waals surface area (Å²) in [6, 6.07) is 6.28. The highest BCUT2D eigenvalue weighted by atomic mass is 19.1. The highest BCUT2D eigenvalue weighted by Gasteiger charge is 2.05. The average Bonchev–Trinajstić information content (AvgIpc) is 2.30. The molecule has 1 aliphatic rings. The van der Waals surface area contributed by atoms with Crippen molar-refractivity contribution in [2.45, 2.75) is 0 Å². The van der Waals surface area contributed by atoms with E-state index in [0.717, 1.165) is 31.9 Å². The van der Waals surface area contributed by atoms with E-state index in [2.05, 4.69) is 5.10 Å². The third kappa shape index (κ3) is 3.02. The molecule has 0 amide bonds. The minimum absolute atomic E-state index is 0.224. The van der Waals surface area contributed by atoms with Crippen LogP contribution in [0.4, 0.5) is 4.39 Å². The van der Waals surface area contributed by atoms with Crippen LogP contribution in [-0.2, 0) is 4.74 Å². The van der Waals surface area contributed by atoms with Gasteiger partial charge in [0.1, 0.15) is 5.82 Å². The predicted octanol–water partition coefficient (Wildman–Crippen LogP) is 1.49. The molecule has 0 aliphatic carbocycles. The van der Waals surface area contributed by atoms with Gasteiger partial charge in [0.05, 0.1) is 32.5 Å². The van der Waals surface area contributed by atoms with E-state index in [1.807, 2.05) is 5.01 Å². The molecular weight excluding hydrogens is 195 g/mol. The number of nitrogens with zero attached hydrogens (tertiary/aromatic N) is 2. The molecule has 1 aromatic rings.